The summed E-state index contributed by atoms with van der Waals surface area (Å²) in [6.07, 6.45) is 3.56. The number of piperidine rings is 1. The van der Waals surface area contributed by atoms with Gasteiger partial charge in [0.2, 0.25) is 5.95 Å². The fourth-order valence-corrected chi connectivity index (χ4v) is 4.55. The molecule has 0 bridgehead atoms. The number of aromatic nitrogens is 2. The predicted molar refractivity (Wildman–Crippen MR) is 124 cm³/mol. The third-order valence-electron chi connectivity index (χ3n) is 5.70. The molecule has 3 heterocycles. The average Bonchev–Trinajstić information content (AvgIpc) is 2.80. The lowest BCUT2D eigenvalue weighted by Gasteiger charge is -2.36. The zero-order valence-electron chi connectivity index (χ0n) is 18.4. The first-order valence-corrected chi connectivity index (χ1v) is 11.9. The number of urea groups is 1. The SMILES string of the molecule is Cc1cc(N2CCN(C(=O)Nc3ccc(SC(F)(F)F)cc3)CC2)nc(N2CCCCC2)n1. The number of nitrogens with one attached hydrogen (secondary N) is 1. The number of piperazine rings is 1. The van der Waals surface area contributed by atoms with Crippen LogP contribution in [0.1, 0.15) is 25.0 Å². The first-order chi connectivity index (χ1) is 15.8. The molecule has 0 radical (unpaired) electrons. The normalized spacial score (nSPS) is 17.3. The van der Waals surface area contributed by atoms with Gasteiger partial charge in [-0.1, -0.05) is 0 Å². The molecule has 2 aliphatic heterocycles. The molecule has 0 atom stereocenters. The van der Waals surface area contributed by atoms with Crippen LogP contribution in [0.25, 0.3) is 0 Å². The summed E-state index contributed by atoms with van der Waals surface area (Å²) in [5.41, 5.74) is -2.94. The Hall–Kier alpha value is -2.69. The smallest absolute Gasteiger partial charge is 0.353 e. The lowest BCUT2D eigenvalue weighted by molar-refractivity contribution is -0.0328. The maximum Gasteiger partial charge on any atom is 0.446 e. The summed E-state index contributed by atoms with van der Waals surface area (Å²) >= 11 is -0.177. The van der Waals surface area contributed by atoms with Gasteiger partial charge in [-0.3, -0.25) is 0 Å². The van der Waals surface area contributed by atoms with E-state index in [1.165, 1.54) is 30.7 Å². The van der Waals surface area contributed by atoms with E-state index in [1.807, 2.05) is 13.0 Å². The Labute approximate surface area is 195 Å². The highest BCUT2D eigenvalue weighted by Gasteiger charge is 2.29. The monoisotopic (exact) mass is 480 g/mol. The van der Waals surface area contributed by atoms with E-state index in [-0.39, 0.29) is 22.7 Å². The fraction of sp³-hybridized carbons (Fsp3) is 0.500. The molecule has 0 aliphatic carbocycles. The van der Waals surface area contributed by atoms with Crippen LogP contribution in [-0.2, 0) is 0 Å². The molecule has 33 heavy (non-hydrogen) atoms. The van der Waals surface area contributed by atoms with Gasteiger partial charge in [-0.2, -0.15) is 18.2 Å². The van der Waals surface area contributed by atoms with Crippen molar-refractivity contribution in [3.8, 4) is 0 Å². The molecule has 7 nitrogen and oxygen atoms in total. The zero-order chi connectivity index (χ0) is 23.4. The Bertz CT molecular complexity index is 958. The van der Waals surface area contributed by atoms with Gasteiger partial charge in [0.25, 0.3) is 0 Å². The lowest BCUT2D eigenvalue weighted by Crippen LogP contribution is -2.50. The van der Waals surface area contributed by atoms with Crippen molar-refractivity contribution in [3.63, 3.8) is 0 Å². The summed E-state index contributed by atoms with van der Waals surface area (Å²) in [7, 11) is 0. The van der Waals surface area contributed by atoms with E-state index in [0.717, 1.165) is 43.4 Å². The molecule has 2 fully saturated rings. The molecule has 1 N–H and O–H groups in total. The van der Waals surface area contributed by atoms with Gasteiger partial charge in [0.15, 0.2) is 0 Å². The van der Waals surface area contributed by atoms with E-state index in [4.69, 9.17) is 4.98 Å². The molecule has 0 saturated carbocycles. The minimum absolute atomic E-state index is 0.0816. The molecule has 1 aromatic heterocycles. The van der Waals surface area contributed by atoms with Crippen molar-refractivity contribution >= 4 is 35.2 Å². The highest BCUT2D eigenvalue weighted by Crippen LogP contribution is 2.37. The van der Waals surface area contributed by atoms with Crippen molar-refractivity contribution in [1.82, 2.24) is 14.9 Å². The van der Waals surface area contributed by atoms with Crippen LogP contribution in [0.5, 0.6) is 0 Å². The Morgan fingerprint density at radius 1 is 0.939 bits per heavy atom. The molecular formula is C22H27F3N6OS. The average molecular weight is 481 g/mol. The van der Waals surface area contributed by atoms with E-state index >= 15 is 0 Å². The lowest BCUT2D eigenvalue weighted by atomic mass is 10.1. The number of aryl methyl sites for hydroxylation is 1. The summed E-state index contributed by atoms with van der Waals surface area (Å²) < 4.78 is 37.4. The quantitative estimate of drug-likeness (QED) is 0.638. The molecule has 0 spiro atoms. The maximum atomic E-state index is 12.6. The topological polar surface area (TPSA) is 64.6 Å². The standard InChI is InChI=1S/C22H27F3N6OS/c1-16-15-19(28-20(26-16)30-9-3-2-4-10-30)29-11-13-31(14-12-29)21(32)27-17-5-7-18(8-6-17)33-22(23,24)25/h5-8,15H,2-4,9-14H2,1H3,(H,27,32). The van der Waals surface area contributed by atoms with Gasteiger partial charge in [-0.15, -0.1) is 0 Å². The van der Waals surface area contributed by atoms with Gasteiger partial charge in [0.05, 0.1) is 0 Å². The number of hydrogen-bond acceptors (Lipinski definition) is 6. The highest BCUT2D eigenvalue weighted by atomic mass is 32.2. The molecule has 2 saturated heterocycles. The highest BCUT2D eigenvalue weighted by molar-refractivity contribution is 8.00. The van der Waals surface area contributed by atoms with E-state index in [1.54, 1.807) is 4.90 Å². The largest absolute Gasteiger partial charge is 0.446 e. The second-order valence-corrected chi connectivity index (χ2v) is 9.33. The van der Waals surface area contributed by atoms with E-state index in [9.17, 15) is 18.0 Å². The molecule has 0 unspecified atom stereocenters. The number of halogens is 3. The first kappa shape index (κ1) is 23.5. The first-order valence-electron chi connectivity index (χ1n) is 11.0. The minimum Gasteiger partial charge on any atom is -0.353 e. The van der Waals surface area contributed by atoms with Crippen LogP contribution in [0.4, 0.5) is 35.4 Å². The van der Waals surface area contributed by atoms with Crippen molar-refractivity contribution < 1.29 is 18.0 Å². The van der Waals surface area contributed by atoms with E-state index < -0.39 is 5.51 Å². The summed E-state index contributed by atoms with van der Waals surface area (Å²) in [6.45, 7) is 6.26. The number of rotatable bonds is 4. The molecule has 11 heteroatoms. The number of amides is 2. The number of hydrogen-bond donors (Lipinski definition) is 1. The molecule has 1 aromatic carbocycles. The van der Waals surface area contributed by atoms with Crippen LogP contribution in [0.15, 0.2) is 35.2 Å². The van der Waals surface area contributed by atoms with Crippen LogP contribution >= 0.6 is 11.8 Å². The number of carbonyl (C=O) groups is 1. The van der Waals surface area contributed by atoms with Gasteiger partial charge >= 0.3 is 11.5 Å². The van der Waals surface area contributed by atoms with Crippen LogP contribution < -0.4 is 15.1 Å². The Morgan fingerprint density at radius 2 is 1.61 bits per heavy atom. The summed E-state index contributed by atoms with van der Waals surface area (Å²) in [6, 6.07) is 7.37. The molecule has 178 valence electrons. The number of benzene rings is 1. The summed E-state index contributed by atoms with van der Waals surface area (Å²) in [4.78, 5) is 28.2. The van der Waals surface area contributed by atoms with E-state index in [0.29, 0.717) is 31.9 Å². The third-order valence-corrected chi connectivity index (χ3v) is 6.44. The van der Waals surface area contributed by atoms with Crippen LogP contribution in [0.3, 0.4) is 0 Å². The van der Waals surface area contributed by atoms with Gasteiger partial charge in [0, 0.05) is 61.6 Å². The Morgan fingerprint density at radius 3 is 2.24 bits per heavy atom. The van der Waals surface area contributed by atoms with Gasteiger partial charge in [-0.05, 0) is 62.2 Å². The summed E-state index contributed by atoms with van der Waals surface area (Å²) in [5, 5.41) is 2.76. The Kier molecular flexibility index (Phi) is 7.16. The van der Waals surface area contributed by atoms with Crippen molar-refractivity contribution in [2.45, 2.75) is 36.6 Å². The maximum absolute atomic E-state index is 12.6. The number of thioether (sulfide) groups is 1. The minimum atomic E-state index is -4.33. The van der Waals surface area contributed by atoms with E-state index in [2.05, 4.69) is 20.1 Å². The second kappa shape index (κ2) is 10.1. The van der Waals surface area contributed by atoms with Crippen molar-refractivity contribution in [3.05, 3.63) is 36.0 Å². The predicted octanol–water partition coefficient (Wildman–Crippen LogP) is 4.74. The molecule has 2 aliphatic rings. The molecule has 2 amide bonds. The molecule has 4 rings (SSSR count). The number of anilines is 3. The van der Waals surface area contributed by atoms with Crippen molar-refractivity contribution in [1.29, 1.82) is 0 Å². The van der Waals surface area contributed by atoms with Crippen LogP contribution in [0.2, 0.25) is 0 Å². The number of alkyl halides is 3. The van der Waals surface area contributed by atoms with Crippen LogP contribution in [0, 0.1) is 6.92 Å². The van der Waals surface area contributed by atoms with Gasteiger partial charge in [0.1, 0.15) is 5.82 Å². The second-order valence-electron chi connectivity index (χ2n) is 8.19. The fourth-order valence-electron chi connectivity index (χ4n) is 4.02. The Balaban J connectivity index is 1.32. The van der Waals surface area contributed by atoms with Crippen LogP contribution in [-0.4, -0.2) is 65.7 Å². The zero-order valence-corrected chi connectivity index (χ0v) is 19.3. The van der Waals surface area contributed by atoms with Gasteiger partial charge < -0.3 is 20.0 Å². The van der Waals surface area contributed by atoms with Crippen molar-refractivity contribution in [2.75, 3.05) is 54.4 Å². The summed E-state index contributed by atoms with van der Waals surface area (Å²) in [5.74, 6) is 1.65. The number of carbonyl (C=O) groups excluding carboxylic acids is 1. The third kappa shape index (κ3) is 6.43. The molecular weight excluding hydrogens is 453 g/mol. The van der Waals surface area contributed by atoms with Gasteiger partial charge in [-0.25, -0.2) is 9.78 Å². The van der Waals surface area contributed by atoms with Crippen molar-refractivity contribution in [2.24, 2.45) is 0 Å². The molecule has 2 aromatic rings. The number of nitrogens with zero attached hydrogens (tertiary/aromatic N) is 5.